The lowest BCUT2D eigenvalue weighted by Crippen LogP contribution is -2.39. The van der Waals surface area contributed by atoms with E-state index < -0.39 is 24.6 Å². The molecule has 0 aromatic heterocycles. The Hall–Kier alpha value is -1.71. The van der Waals surface area contributed by atoms with Crippen molar-refractivity contribution in [2.75, 3.05) is 0 Å². The number of ether oxygens (including phenoxy) is 3. The summed E-state index contributed by atoms with van der Waals surface area (Å²) in [6.45, 7) is 8.98. The van der Waals surface area contributed by atoms with Crippen LogP contribution in [0.2, 0.25) is 0 Å². The third-order valence-corrected chi connectivity index (χ3v) is 2.67. The van der Waals surface area contributed by atoms with Crippen molar-refractivity contribution in [1.82, 2.24) is 5.32 Å². The Morgan fingerprint density at radius 1 is 1.04 bits per heavy atom. The number of amides is 1. The van der Waals surface area contributed by atoms with Gasteiger partial charge < -0.3 is 20.4 Å². The summed E-state index contributed by atoms with van der Waals surface area (Å²) in [6.07, 6.45) is -0.0384. The van der Waals surface area contributed by atoms with E-state index in [0.29, 0.717) is 18.7 Å². The standard InChI is InChI=1S/C15H27NO6.2H2O/c1-10(2)7-6-8-13(18)22-15(16-9-17)21-12(5)20-14(19)11(3)4;;/h9-12,15H,6-8H2,1-5H3,(H,16,17);2*1H2/t12-,15?;;/m0../s1. The van der Waals surface area contributed by atoms with Crippen molar-refractivity contribution in [3.63, 3.8) is 0 Å². The Balaban J connectivity index is -0.00000220. The number of esters is 2. The number of carbonyl (C=O) groups is 3. The largest absolute Gasteiger partial charge is 0.436 e. The van der Waals surface area contributed by atoms with Gasteiger partial charge in [-0.05, 0) is 19.3 Å². The van der Waals surface area contributed by atoms with E-state index in [-0.39, 0.29) is 23.3 Å². The average molecular weight is 353 g/mol. The van der Waals surface area contributed by atoms with E-state index in [0.717, 1.165) is 6.42 Å². The van der Waals surface area contributed by atoms with Crippen LogP contribution in [-0.2, 0) is 28.6 Å². The Bertz CT molecular complexity index is 359. The molecule has 0 aromatic rings. The van der Waals surface area contributed by atoms with Crippen molar-refractivity contribution in [2.24, 2.45) is 11.8 Å². The summed E-state index contributed by atoms with van der Waals surface area (Å²) >= 11 is 0. The number of hydrogen-bond acceptors (Lipinski definition) is 6. The average Bonchev–Trinajstić information content (AvgIpc) is 2.37. The Morgan fingerprint density at radius 2 is 1.62 bits per heavy atom. The molecule has 5 N–H and O–H groups in total. The molecule has 0 aromatic carbocycles. The van der Waals surface area contributed by atoms with Gasteiger partial charge in [0.05, 0.1) is 5.92 Å². The molecule has 0 bridgehead atoms. The zero-order valence-corrected chi connectivity index (χ0v) is 15.0. The minimum absolute atomic E-state index is 0. The van der Waals surface area contributed by atoms with Crippen molar-refractivity contribution >= 4 is 18.3 Å². The molecule has 1 unspecified atom stereocenters. The summed E-state index contributed by atoms with van der Waals surface area (Å²) in [5, 5.41) is 2.21. The van der Waals surface area contributed by atoms with Gasteiger partial charge in [0.1, 0.15) is 0 Å². The van der Waals surface area contributed by atoms with Crippen LogP contribution in [0.15, 0.2) is 0 Å². The van der Waals surface area contributed by atoms with Crippen LogP contribution in [0.5, 0.6) is 0 Å². The minimum Gasteiger partial charge on any atom is -0.436 e. The second kappa shape index (κ2) is 14.9. The summed E-state index contributed by atoms with van der Waals surface area (Å²) in [7, 11) is 0. The molecular weight excluding hydrogens is 322 g/mol. The summed E-state index contributed by atoms with van der Waals surface area (Å²) in [5.74, 6) is -0.728. The highest BCUT2D eigenvalue weighted by molar-refractivity contribution is 5.71. The van der Waals surface area contributed by atoms with Crippen molar-refractivity contribution in [2.45, 2.75) is 66.6 Å². The zero-order chi connectivity index (χ0) is 17.1. The highest BCUT2D eigenvalue weighted by Gasteiger charge is 2.20. The topological polar surface area (TPSA) is 154 Å². The third-order valence-electron chi connectivity index (χ3n) is 2.67. The molecule has 2 atom stereocenters. The van der Waals surface area contributed by atoms with E-state index in [4.69, 9.17) is 14.2 Å². The van der Waals surface area contributed by atoms with Gasteiger partial charge in [-0.1, -0.05) is 34.1 Å². The molecule has 144 valence electrons. The normalized spacial score (nSPS) is 12.5. The van der Waals surface area contributed by atoms with E-state index in [1.807, 2.05) is 0 Å². The Labute approximate surface area is 142 Å². The van der Waals surface area contributed by atoms with Gasteiger partial charge in [-0.15, -0.1) is 0 Å². The second-order valence-electron chi connectivity index (χ2n) is 5.69. The number of hydrogen-bond donors (Lipinski definition) is 1. The van der Waals surface area contributed by atoms with Gasteiger partial charge in [-0.25, -0.2) is 0 Å². The molecule has 0 aliphatic carbocycles. The first-order valence-corrected chi connectivity index (χ1v) is 7.51. The first kappa shape index (κ1) is 27.2. The molecule has 0 saturated carbocycles. The molecule has 24 heavy (non-hydrogen) atoms. The van der Waals surface area contributed by atoms with Gasteiger partial charge >= 0.3 is 11.9 Å². The van der Waals surface area contributed by atoms with Gasteiger partial charge in [0, 0.05) is 6.42 Å². The van der Waals surface area contributed by atoms with Crippen LogP contribution >= 0.6 is 0 Å². The van der Waals surface area contributed by atoms with Crippen LogP contribution in [0.3, 0.4) is 0 Å². The first-order chi connectivity index (χ1) is 10.3. The van der Waals surface area contributed by atoms with Crippen LogP contribution < -0.4 is 5.32 Å². The molecule has 0 fully saturated rings. The lowest BCUT2D eigenvalue weighted by atomic mass is 10.1. The van der Waals surface area contributed by atoms with Crippen LogP contribution in [0.1, 0.15) is 53.9 Å². The summed E-state index contributed by atoms with van der Waals surface area (Å²) in [4.78, 5) is 33.6. The van der Waals surface area contributed by atoms with Crippen molar-refractivity contribution in [1.29, 1.82) is 0 Å². The van der Waals surface area contributed by atoms with Gasteiger partial charge in [-0.2, -0.15) is 0 Å². The molecule has 0 heterocycles. The molecule has 0 radical (unpaired) electrons. The lowest BCUT2D eigenvalue weighted by molar-refractivity contribution is -0.239. The number of rotatable bonds is 11. The summed E-state index contributed by atoms with van der Waals surface area (Å²) in [5.41, 5.74) is 0. The van der Waals surface area contributed by atoms with E-state index >= 15 is 0 Å². The van der Waals surface area contributed by atoms with E-state index in [9.17, 15) is 14.4 Å². The summed E-state index contributed by atoms with van der Waals surface area (Å²) in [6, 6.07) is 0. The maximum Gasteiger partial charge on any atom is 0.310 e. The zero-order valence-electron chi connectivity index (χ0n) is 15.0. The molecule has 0 rings (SSSR count). The molecule has 0 aliphatic heterocycles. The van der Waals surface area contributed by atoms with Crippen LogP contribution in [-0.4, -0.2) is 42.0 Å². The van der Waals surface area contributed by atoms with Crippen molar-refractivity contribution in [3.8, 4) is 0 Å². The second-order valence-corrected chi connectivity index (χ2v) is 5.69. The van der Waals surface area contributed by atoms with E-state index in [1.54, 1.807) is 13.8 Å². The highest BCUT2D eigenvalue weighted by atomic mass is 16.8. The SMILES string of the molecule is CC(C)CCCC(=O)OC(NC=O)O[C@@H](C)OC(=O)C(C)C.O.O. The molecule has 0 spiro atoms. The fourth-order valence-corrected chi connectivity index (χ4v) is 1.49. The maximum atomic E-state index is 11.7. The minimum atomic E-state index is -1.28. The monoisotopic (exact) mass is 353 g/mol. The maximum absolute atomic E-state index is 11.7. The fraction of sp³-hybridized carbons (Fsp3) is 0.800. The lowest BCUT2D eigenvalue weighted by Gasteiger charge is -2.22. The van der Waals surface area contributed by atoms with Gasteiger partial charge in [0.2, 0.25) is 12.7 Å². The quantitative estimate of drug-likeness (QED) is 0.320. The number of nitrogens with one attached hydrogen (secondary N) is 1. The van der Waals surface area contributed by atoms with Crippen LogP contribution in [0.25, 0.3) is 0 Å². The number of carbonyl (C=O) groups excluding carboxylic acids is 3. The molecular formula is C15H31NO8. The van der Waals surface area contributed by atoms with Crippen molar-refractivity contribution in [3.05, 3.63) is 0 Å². The summed E-state index contributed by atoms with van der Waals surface area (Å²) < 4.78 is 15.1. The smallest absolute Gasteiger partial charge is 0.310 e. The van der Waals surface area contributed by atoms with Gasteiger partial charge in [-0.3, -0.25) is 24.4 Å². The molecule has 0 saturated heterocycles. The Morgan fingerprint density at radius 3 is 2.08 bits per heavy atom. The van der Waals surface area contributed by atoms with Gasteiger partial charge in [0.25, 0.3) is 6.41 Å². The van der Waals surface area contributed by atoms with Crippen LogP contribution in [0.4, 0.5) is 0 Å². The fourth-order valence-electron chi connectivity index (χ4n) is 1.49. The van der Waals surface area contributed by atoms with Gasteiger partial charge in [0.15, 0.2) is 0 Å². The molecule has 9 heteroatoms. The predicted molar refractivity (Wildman–Crippen MR) is 86.5 cm³/mol. The molecule has 9 nitrogen and oxygen atoms in total. The van der Waals surface area contributed by atoms with Crippen LogP contribution in [0, 0.1) is 11.8 Å². The highest BCUT2D eigenvalue weighted by Crippen LogP contribution is 2.09. The van der Waals surface area contributed by atoms with E-state index in [1.165, 1.54) is 6.92 Å². The van der Waals surface area contributed by atoms with E-state index in [2.05, 4.69) is 19.2 Å². The molecule has 0 aliphatic rings. The first-order valence-electron chi connectivity index (χ1n) is 7.51. The Kier molecular flexibility index (Phi) is 16.8. The third kappa shape index (κ3) is 13.9. The van der Waals surface area contributed by atoms with Crippen molar-refractivity contribution < 1.29 is 39.5 Å². The molecule has 1 amide bonds. The predicted octanol–water partition coefficient (Wildman–Crippen LogP) is 0.298.